The van der Waals surface area contributed by atoms with Crippen LogP contribution >= 0.6 is 34.5 Å². The van der Waals surface area contributed by atoms with Crippen LogP contribution in [0.15, 0.2) is 60.0 Å². The molecule has 5 nitrogen and oxygen atoms in total. The van der Waals surface area contributed by atoms with Gasteiger partial charge in [-0.1, -0.05) is 29.3 Å². The lowest BCUT2D eigenvalue weighted by atomic mass is 10.2. The van der Waals surface area contributed by atoms with Crippen molar-refractivity contribution in [3.63, 3.8) is 0 Å². The topological polar surface area (TPSA) is 67.4 Å². The van der Waals surface area contributed by atoms with Gasteiger partial charge in [-0.25, -0.2) is 0 Å². The van der Waals surface area contributed by atoms with Gasteiger partial charge in [-0.2, -0.15) is 0 Å². The highest BCUT2D eigenvalue weighted by molar-refractivity contribution is 7.12. The number of thiophene rings is 1. The minimum Gasteiger partial charge on any atom is -0.482 e. The number of hydrogen-bond acceptors (Lipinski definition) is 4. The highest BCUT2D eigenvalue weighted by atomic mass is 35.5. The number of ether oxygens (including phenoxy) is 1. The van der Waals surface area contributed by atoms with Crippen molar-refractivity contribution in [1.82, 2.24) is 0 Å². The molecule has 0 atom stereocenters. The van der Waals surface area contributed by atoms with E-state index in [9.17, 15) is 9.59 Å². The average molecular weight is 421 g/mol. The maximum absolute atomic E-state index is 12.0. The largest absolute Gasteiger partial charge is 0.482 e. The SMILES string of the molecule is O=C(COc1ccc(Cl)cc1Cl)Nc1ccc(NC(=O)c2cccs2)cc1. The fourth-order valence-corrected chi connectivity index (χ4v) is 3.25. The second-order valence-corrected chi connectivity index (χ2v) is 7.21. The molecule has 0 aliphatic carbocycles. The van der Waals surface area contributed by atoms with Crippen LogP contribution in [0.25, 0.3) is 0 Å². The highest BCUT2D eigenvalue weighted by Crippen LogP contribution is 2.27. The lowest BCUT2D eigenvalue weighted by molar-refractivity contribution is -0.118. The van der Waals surface area contributed by atoms with E-state index in [1.165, 1.54) is 11.3 Å². The average Bonchev–Trinajstić information content (AvgIpc) is 3.17. The molecule has 0 spiro atoms. The molecule has 0 radical (unpaired) electrons. The number of anilines is 2. The molecular formula is C19H14Cl2N2O3S. The molecule has 0 saturated heterocycles. The molecule has 1 aromatic heterocycles. The van der Waals surface area contributed by atoms with Crippen molar-refractivity contribution in [2.45, 2.75) is 0 Å². The maximum atomic E-state index is 12.0. The Kier molecular flexibility index (Phi) is 6.34. The van der Waals surface area contributed by atoms with E-state index in [0.29, 0.717) is 32.0 Å². The van der Waals surface area contributed by atoms with Crippen LogP contribution < -0.4 is 15.4 Å². The minimum atomic E-state index is -0.337. The lowest BCUT2D eigenvalue weighted by Gasteiger charge is -2.10. The van der Waals surface area contributed by atoms with E-state index in [0.717, 1.165) is 0 Å². The van der Waals surface area contributed by atoms with Gasteiger partial charge in [-0.3, -0.25) is 9.59 Å². The number of benzene rings is 2. The Morgan fingerprint density at radius 2 is 1.67 bits per heavy atom. The molecule has 2 N–H and O–H groups in total. The number of carbonyl (C=O) groups excluding carboxylic acids is 2. The fraction of sp³-hybridized carbons (Fsp3) is 0.0526. The molecule has 0 unspecified atom stereocenters. The van der Waals surface area contributed by atoms with Gasteiger partial charge in [0, 0.05) is 16.4 Å². The summed E-state index contributed by atoms with van der Waals surface area (Å²) in [6.07, 6.45) is 0. The Balaban J connectivity index is 1.51. The lowest BCUT2D eigenvalue weighted by Crippen LogP contribution is -2.20. The molecule has 0 aliphatic rings. The zero-order chi connectivity index (χ0) is 19.2. The van der Waals surface area contributed by atoms with Crippen molar-refractivity contribution < 1.29 is 14.3 Å². The zero-order valence-electron chi connectivity index (χ0n) is 13.9. The second kappa shape index (κ2) is 8.90. The minimum absolute atomic E-state index is 0.171. The molecule has 3 aromatic rings. The summed E-state index contributed by atoms with van der Waals surface area (Å²) in [6, 6.07) is 15.1. The van der Waals surface area contributed by atoms with E-state index in [4.69, 9.17) is 27.9 Å². The Labute approximate surface area is 169 Å². The van der Waals surface area contributed by atoms with Gasteiger partial charge < -0.3 is 15.4 Å². The van der Waals surface area contributed by atoms with E-state index >= 15 is 0 Å². The zero-order valence-corrected chi connectivity index (χ0v) is 16.2. The molecule has 0 aliphatic heterocycles. The van der Waals surface area contributed by atoms with Crippen molar-refractivity contribution in [2.24, 2.45) is 0 Å². The van der Waals surface area contributed by atoms with Crippen LogP contribution in [-0.2, 0) is 4.79 Å². The van der Waals surface area contributed by atoms with E-state index in [-0.39, 0.29) is 18.4 Å². The summed E-state index contributed by atoms with van der Waals surface area (Å²) in [5.74, 6) is -0.130. The standard InChI is InChI=1S/C19H14Cl2N2O3S/c20-12-3-8-16(15(21)10-12)26-11-18(24)22-13-4-6-14(7-5-13)23-19(25)17-2-1-9-27-17/h1-10H,11H2,(H,22,24)(H,23,25). The van der Waals surface area contributed by atoms with Crippen molar-refractivity contribution in [3.8, 4) is 5.75 Å². The molecule has 0 bridgehead atoms. The van der Waals surface area contributed by atoms with E-state index in [1.807, 2.05) is 11.4 Å². The van der Waals surface area contributed by atoms with Crippen molar-refractivity contribution in [1.29, 1.82) is 0 Å². The van der Waals surface area contributed by atoms with Gasteiger partial charge in [0.05, 0.1) is 9.90 Å². The number of carbonyl (C=O) groups is 2. The van der Waals surface area contributed by atoms with Crippen molar-refractivity contribution in [2.75, 3.05) is 17.2 Å². The van der Waals surface area contributed by atoms with Crippen LogP contribution in [0, 0.1) is 0 Å². The fourth-order valence-electron chi connectivity index (χ4n) is 2.17. The van der Waals surface area contributed by atoms with Gasteiger partial charge in [0.2, 0.25) is 0 Å². The van der Waals surface area contributed by atoms with Crippen LogP contribution in [0.1, 0.15) is 9.67 Å². The third-order valence-electron chi connectivity index (χ3n) is 3.42. The second-order valence-electron chi connectivity index (χ2n) is 5.42. The van der Waals surface area contributed by atoms with Gasteiger partial charge in [-0.15, -0.1) is 11.3 Å². The normalized spacial score (nSPS) is 10.3. The quantitative estimate of drug-likeness (QED) is 0.566. The van der Waals surface area contributed by atoms with Crippen LogP contribution in [0.3, 0.4) is 0 Å². The number of halogens is 2. The van der Waals surface area contributed by atoms with E-state index in [2.05, 4.69) is 10.6 Å². The van der Waals surface area contributed by atoms with Gasteiger partial charge >= 0.3 is 0 Å². The Bertz CT molecular complexity index is 944. The predicted octanol–water partition coefficient (Wildman–Crippen LogP) is 5.32. The molecule has 2 amide bonds. The van der Waals surface area contributed by atoms with E-state index < -0.39 is 0 Å². The monoisotopic (exact) mass is 420 g/mol. The molecule has 0 fully saturated rings. The summed E-state index contributed by atoms with van der Waals surface area (Å²) in [6.45, 7) is -0.196. The first-order valence-electron chi connectivity index (χ1n) is 7.84. The van der Waals surface area contributed by atoms with Gasteiger partial charge in [0.25, 0.3) is 11.8 Å². The number of rotatable bonds is 6. The molecular weight excluding hydrogens is 407 g/mol. The van der Waals surface area contributed by atoms with Crippen LogP contribution in [0.5, 0.6) is 5.75 Å². The van der Waals surface area contributed by atoms with Crippen LogP contribution in [0.2, 0.25) is 10.0 Å². The van der Waals surface area contributed by atoms with Crippen LogP contribution in [-0.4, -0.2) is 18.4 Å². The third-order valence-corrected chi connectivity index (χ3v) is 4.82. The van der Waals surface area contributed by atoms with Gasteiger partial charge in [-0.05, 0) is 53.9 Å². The summed E-state index contributed by atoms with van der Waals surface area (Å²) < 4.78 is 5.39. The maximum Gasteiger partial charge on any atom is 0.265 e. The third kappa shape index (κ3) is 5.47. The molecule has 1 heterocycles. The smallest absolute Gasteiger partial charge is 0.265 e. The Hall–Kier alpha value is -2.54. The number of amides is 2. The van der Waals surface area contributed by atoms with Gasteiger partial charge in [0.1, 0.15) is 5.75 Å². The molecule has 3 rings (SSSR count). The van der Waals surface area contributed by atoms with E-state index in [1.54, 1.807) is 48.5 Å². The first-order chi connectivity index (χ1) is 13.0. The molecule has 2 aromatic carbocycles. The summed E-state index contributed by atoms with van der Waals surface area (Å²) in [4.78, 5) is 24.6. The first-order valence-corrected chi connectivity index (χ1v) is 9.47. The summed E-state index contributed by atoms with van der Waals surface area (Å²) >= 11 is 13.2. The summed E-state index contributed by atoms with van der Waals surface area (Å²) in [5.41, 5.74) is 1.22. The Morgan fingerprint density at radius 1 is 0.963 bits per heavy atom. The van der Waals surface area contributed by atoms with Crippen molar-refractivity contribution >= 4 is 57.7 Å². The molecule has 27 heavy (non-hydrogen) atoms. The summed E-state index contributed by atoms with van der Waals surface area (Å²) in [5, 5.41) is 8.16. The predicted molar refractivity (Wildman–Crippen MR) is 109 cm³/mol. The molecule has 0 saturated carbocycles. The molecule has 138 valence electrons. The van der Waals surface area contributed by atoms with Crippen molar-refractivity contribution in [3.05, 3.63) is 74.9 Å². The van der Waals surface area contributed by atoms with Gasteiger partial charge in [0.15, 0.2) is 6.61 Å². The Morgan fingerprint density at radius 3 is 2.30 bits per heavy atom. The number of hydrogen-bond donors (Lipinski definition) is 2. The van der Waals surface area contributed by atoms with Crippen LogP contribution in [0.4, 0.5) is 11.4 Å². The highest BCUT2D eigenvalue weighted by Gasteiger charge is 2.09. The summed E-state index contributed by atoms with van der Waals surface area (Å²) in [7, 11) is 0. The number of nitrogens with one attached hydrogen (secondary N) is 2. The first kappa shape index (κ1) is 19.2. The molecule has 8 heteroatoms.